The molecule has 0 aliphatic carbocycles. The molecule has 0 aliphatic rings. The molecule has 0 aromatic heterocycles. The number of carboxylic acids is 1. The number of carboxylic acid groups (broad SMARTS) is 1. The first-order valence-corrected chi connectivity index (χ1v) is 11.1. The van der Waals surface area contributed by atoms with E-state index in [1.54, 1.807) is 0 Å². The number of carbonyl (C=O) groups excluding carboxylic acids is 2. The standard InChI is InChI=1S/C22H41NO4/c1-3-5-7-8-9-10-11-12-17-20(24)22(27)23-19(15-6-4-2)16-13-14-18-21(25)26/h19H,3-18H2,1-2H3,(H,23,27)(H,25,26)/t19-/m0/s1. The Kier molecular flexibility index (Phi) is 17.1. The van der Waals surface area contributed by atoms with Gasteiger partial charge in [-0.1, -0.05) is 78.1 Å². The Morgan fingerprint density at radius 1 is 0.704 bits per heavy atom. The third kappa shape index (κ3) is 16.5. The SMILES string of the molecule is CCCCCCCCCCC(=O)C(=O)N[C@@H](CCCC)CCCCC(=O)O. The summed E-state index contributed by atoms with van der Waals surface area (Å²) in [5.74, 6) is -1.56. The summed E-state index contributed by atoms with van der Waals surface area (Å²) in [6, 6.07) is -0.0197. The molecule has 27 heavy (non-hydrogen) atoms. The molecule has 5 nitrogen and oxygen atoms in total. The third-order valence-electron chi connectivity index (χ3n) is 4.95. The molecule has 1 atom stereocenters. The van der Waals surface area contributed by atoms with Crippen LogP contribution in [0.25, 0.3) is 0 Å². The summed E-state index contributed by atoms with van der Waals surface area (Å²) in [5.41, 5.74) is 0. The van der Waals surface area contributed by atoms with Crippen LogP contribution in [0.1, 0.15) is 117 Å². The van der Waals surface area contributed by atoms with Crippen LogP contribution in [0, 0.1) is 0 Å². The molecule has 0 aromatic rings. The van der Waals surface area contributed by atoms with Crippen LogP contribution in [0.5, 0.6) is 0 Å². The average molecular weight is 384 g/mol. The van der Waals surface area contributed by atoms with Crippen LogP contribution in [0.15, 0.2) is 0 Å². The van der Waals surface area contributed by atoms with Crippen LogP contribution in [-0.4, -0.2) is 28.8 Å². The molecule has 158 valence electrons. The molecule has 2 N–H and O–H groups in total. The van der Waals surface area contributed by atoms with Gasteiger partial charge in [-0.25, -0.2) is 0 Å². The van der Waals surface area contributed by atoms with Gasteiger partial charge in [0.25, 0.3) is 5.91 Å². The second-order valence-corrected chi connectivity index (χ2v) is 7.60. The van der Waals surface area contributed by atoms with Gasteiger partial charge in [0, 0.05) is 18.9 Å². The molecule has 0 bridgehead atoms. The highest BCUT2D eigenvalue weighted by atomic mass is 16.4. The van der Waals surface area contributed by atoms with Gasteiger partial charge in [0.15, 0.2) is 0 Å². The predicted octanol–water partition coefficient (Wildman–Crippen LogP) is 5.41. The van der Waals surface area contributed by atoms with E-state index >= 15 is 0 Å². The molecule has 0 heterocycles. The molecule has 0 aromatic carbocycles. The van der Waals surface area contributed by atoms with Crippen molar-refractivity contribution in [2.45, 2.75) is 123 Å². The smallest absolute Gasteiger partial charge is 0.303 e. The Balaban J connectivity index is 3.98. The van der Waals surface area contributed by atoms with Crippen LogP contribution < -0.4 is 5.32 Å². The molecule has 0 unspecified atom stereocenters. The Hall–Kier alpha value is -1.39. The van der Waals surface area contributed by atoms with Crippen molar-refractivity contribution in [2.75, 3.05) is 0 Å². The Morgan fingerprint density at radius 3 is 1.81 bits per heavy atom. The molecule has 1 amide bonds. The van der Waals surface area contributed by atoms with Gasteiger partial charge in [-0.05, 0) is 25.7 Å². The summed E-state index contributed by atoms with van der Waals surface area (Å²) >= 11 is 0. The minimum absolute atomic E-state index is 0.0197. The van der Waals surface area contributed by atoms with Crippen LogP contribution in [-0.2, 0) is 14.4 Å². The number of Topliss-reactive ketones (excluding diaryl/α,β-unsaturated/α-hetero) is 1. The number of hydrogen-bond acceptors (Lipinski definition) is 3. The second-order valence-electron chi connectivity index (χ2n) is 7.60. The van der Waals surface area contributed by atoms with Gasteiger partial charge < -0.3 is 10.4 Å². The van der Waals surface area contributed by atoms with Crippen LogP contribution in [0.4, 0.5) is 0 Å². The minimum atomic E-state index is -0.787. The van der Waals surface area contributed by atoms with E-state index in [-0.39, 0.29) is 18.2 Å². The van der Waals surface area contributed by atoms with E-state index in [0.29, 0.717) is 12.8 Å². The van der Waals surface area contributed by atoms with Crippen LogP contribution in [0.2, 0.25) is 0 Å². The minimum Gasteiger partial charge on any atom is -0.481 e. The molecule has 0 saturated heterocycles. The third-order valence-corrected chi connectivity index (χ3v) is 4.95. The zero-order valence-corrected chi connectivity index (χ0v) is 17.6. The molecule has 0 radical (unpaired) electrons. The molecule has 0 spiro atoms. The van der Waals surface area contributed by atoms with E-state index in [2.05, 4.69) is 19.2 Å². The predicted molar refractivity (Wildman–Crippen MR) is 110 cm³/mol. The van der Waals surface area contributed by atoms with Crippen molar-refractivity contribution in [3.63, 3.8) is 0 Å². The lowest BCUT2D eigenvalue weighted by molar-refractivity contribution is -0.138. The maximum Gasteiger partial charge on any atom is 0.303 e. The lowest BCUT2D eigenvalue weighted by atomic mass is 10.0. The maximum atomic E-state index is 12.1. The first-order valence-electron chi connectivity index (χ1n) is 11.1. The topological polar surface area (TPSA) is 83.5 Å². The van der Waals surface area contributed by atoms with Crippen molar-refractivity contribution >= 4 is 17.7 Å². The van der Waals surface area contributed by atoms with Crippen LogP contribution >= 0.6 is 0 Å². The van der Waals surface area contributed by atoms with E-state index in [1.165, 1.54) is 32.1 Å². The molecule has 0 fully saturated rings. The normalized spacial score (nSPS) is 11.9. The van der Waals surface area contributed by atoms with Gasteiger partial charge >= 0.3 is 5.97 Å². The molecule has 0 rings (SSSR count). The Labute approximate surface area is 165 Å². The summed E-state index contributed by atoms with van der Waals surface area (Å²) < 4.78 is 0. The first kappa shape index (κ1) is 25.6. The summed E-state index contributed by atoms with van der Waals surface area (Å²) in [4.78, 5) is 34.8. The highest BCUT2D eigenvalue weighted by molar-refractivity contribution is 6.36. The van der Waals surface area contributed by atoms with Gasteiger partial charge in [-0.3, -0.25) is 14.4 Å². The summed E-state index contributed by atoms with van der Waals surface area (Å²) in [7, 11) is 0. The van der Waals surface area contributed by atoms with Crippen molar-refractivity contribution in [1.82, 2.24) is 5.32 Å². The fourth-order valence-electron chi connectivity index (χ4n) is 3.21. The molecular weight excluding hydrogens is 342 g/mol. The van der Waals surface area contributed by atoms with Gasteiger partial charge in [0.2, 0.25) is 5.78 Å². The van der Waals surface area contributed by atoms with E-state index in [4.69, 9.17) is 5.11 Å². The van der Waals surface area contributed by atoms with Gasteiger partial charge in [0.05, 0.1) is 0 Å². The zero-order valence-electron chi connectivity index (χ0n) is 17.6. The maximum absolute atomic E-state index is 12.1. The second kappa shape index (κ2) is 18.0. The number of nitrogens with one attached hydrogen (secondary N) is 1. The van der Waals surface area contributed by atoms with E-state index in [9.17, 15) is 14.4 Å². The van der Waals surface area contributed by atoms with Crippen molar-refractivity contribution < 1.29 is 19.5 Å². The highest BCUT2D eigenvalue weighted by Gasteiger charge is 2.18. The fraction of sp³-hybridized carbons (Fsp3) is 0.864. The number of ketones is 1. The van der Waals surface area contributed by atoms with Crippen molar-refractivity contribution in [2.24, 2.45) is 0 Å². The lowest BCUT2D eigenvalue weighted by Gasteiger charge is -2.18. The molecule has 0 saturated carbocycles. The molecule has 0 aliphatic heterocycles. The fourth-order valence-corrected chi connectivity index (χ4v) is 3.21. The van der Waals surface area contributed by atoms with Crippen molar-refractivity contribution in [3.05, 3.63) is 0 Å². The van der Waals surface area contributed by atoms with E-state index < -0.39 is 11.9 Å². The number of hydrogen-bond donors (Lipinski definition) is 2. The lowest BCUT2D eigenvalue weighted by Crippen LogP contribution is -2.39. The Bertz CT molecular complexity index is 409. The monoisotopic (exact) mass is 383 g/mol. The van der Waals surface area contributed by atoms with Crippen LogP contribution in [0.3, 0.4) is 0 Å². The van der Waals surface area contributed by atoms with Gasteiger partial charge in [0.1, 0.15) is 0 Å². The van der Waals surface area contributed by atoms with Gasteiger partial charge in [-0.2, -0.15) is 0 Å². The first-order chi connectivity index (χ1) is 13.0. The molecular formula is C22H41NO4. The van der Waals surface area contributed by atoms with E-state index in [1.807, 2.05) is 0 Å². The summed E-state index contributed by atoms with van der Waals surface area (Å²) in [6.07, 6.45) is 14.8. The number of aliphatic carboxylic acids is 1. The molecule has 5 heteroatoms. The van der Waals surface area contributed by atoms with Crippen molar-refractivity contribution in [1.29, 1.82) is 0 Å². The van der Waals surface area contributed by atoms with Crippen molar-refractivity contribution in [3.8, 4) is 0 Å². The van der Waals surface area contributed by atoms with Gasteiger partial charge in [-0.15, -0.1) is 0 Å². The largest absolute Gasteiger partial charge is 0.481 e. The average Bonchev–Trinajstić information content (AvgIpc) is 2.64. The summed E-state index contributed by atoms with van der Waals surface area (Å²) in [6.45, 7) is 4.30. The number of unbranched alkanes of at least 4 members (excludes halogenated alkanes) is 9. The number of carbonyl (C=O) groups is 3. The summed E-state index contributed by atoms with van der Waals surface area (Å²) in [5, 5.41) is 11.6. The van der Waals surface area contributed by atoms with E-state index in [0.717, 1.165) is 51.4 Å². The quantitative estimate of drug-likeness (QED) is 0.231. The number of rotatable bonds is 19. The Morgan fingerprint density at radius 2 is 1.22 bits per heavy atom. The zero-order chi connectivity index (χ0) is 20.3. The number of amides is 1. The highest BCUT2D eigenvalue weighted by Crippen LogP contribution is 2.12.